The van der Waals surface area contributed by atoms with Crippen molar-refractivity contribution in [1.29, 1.82) is 0 Å². The fourth-order valence-electron chi connectivity index (χ4n) is 5.25. The van der Waals surface area contributed by atoms with E-state index in [1.165, 1.54) is 54.1 Å². The Hall–Kier alpha value is -4.96. The van der Waals surface area contributed by atoms with Gasteiger partial charge in [-0.1, -0.05) is 62.0 Å². The third-order valence-corrected chi connectivity index (χ3v) is 8.47. The molecular formula is C33H32F3N7O4S2. The van der Waals surface area contributed by atoms with Crippen molar-refractivity contribution in [3.05, 3.63) is 89.7 Å². The number of hydrogen-bond acceptors (Lipinski definition) is 8. The van der Waals surface area contributed by atoms with Crippen LogP contribution in [0.3, 0.4) is 0 Å². The summed E-state index contributed by atoms with van der Waals surface area (Å²) in [7, 11) is 1.25. The molecular weight excluding hydrogens is 680 g/mol. The van der Waals surface area contributed by atoms with Gasteiger partial charge in [-0.2, -0.15) is 4.99 Å². The van der Waals surface area contributed by atoms with Crippen molar-refractivity contribution in [2.45, 2.75) is 45.6 Å². The zero-order chi connectivity index (χ0) is 35.3. The molecule has 1 atom stereocenters. The number of ether oxygens (including phenoxy) is 2. The minimum Gasteiger partial charge on any atom is -0.453 e. The largest absolute Gasteiger partial charge is 0.573 e. The second-order valence-corrected chi connectivity index (χ2v) is 12.5. The zero-order valence-corrected chi connectivity index (χ0v) is 28.4. The Kier molecular flexibility index (Phi) is 10.9. The molecule has 16 heteroatoms. The van der Waals surface area contributed by atoms with Gasteiger partial charge in [0.05, 0.1) is 24.2 Å². The van der Waals surface area contributed by atoms with Crippen LogP contribution in [0.25, 0.3) is 17.1 Å². The average molecular weight is 712 g/mol. The Morgan fingerprint density at radius 3 is 2.45 bits per heavy atom. The van der Waals surface area contributed by atoms with Crippen LogP contribution in [0, 0.1) is 6.92 Å². The van der Waals surface area contributed by atoms with Gasteiger partial charge in [-0.05, 0) is 72.1 Å². The molecule has 0 bridgehead atoms. The molecule has 0 radical (unpaired) electrons. The first kappa shape index (κ1) is 35.3. The van der Waals surface area contributed by atoms with Crippen molar-refractivity contribution in [3.8, 4) is 22.8 Å². The van der Waals surface area contributed by atoms with Crippen LogP contribution in [-0.4, -0.2) is 62.4 Å². The van der Waals surface area contributed by atoms with Crippen LogP contribution >= 0.6 is 24.0 Å². The number of benzene rings is 3. The molecule has 2 amide bonds. The number of aryl methyl sites for hydroxylation is 1. The molecule has 3 aromatic carbocycles. The van der Waals surface area contributed by atoms with Gasteiger partial charge in [-0.15, -0.1) is 18.3 Å². The molecule has 1 aliphatic heterocycles. The topological polar surface area (TPSA) is 123 Å². The maximum absolute atomic E-state index is 13.0. The molecule has 1 unspecified atom stereocenters. The molecule has 0 saturated carbocycles. The van der Waals surface area contributed by atoms with E-state index in [2.05, 4.69) is 44.3 Å². The first-order chi connectivity index (χ1) is 23.3. The van der Waals surface area contributed by atoms with E-state index in [4.69, 9.17) is 17.0 Å². The second-order valence-electron chi connectivity index (χ2n) is 11.2. The number of alkyl halides is 3. The number of alkyl carbamates (subject to hydrolysis) is 1. The second kappa shape index (κ2) is 15.1. The number of hydrogen-bond donors (Lipinski definition) is 2. The molecule has 0 spiro atoms. The van der Waals surface area contributed by atoms with Gasteiger partial charge in [0.1, 0.15) is 18.2 Å². The van der Waals surface area contributed by atoms with Crippen molar-refractivity contribution in [3.63, 3.8) is 0 Å². The lowest BCUT2D eigenvalue weighted by Crippen LogP contribution is -2.48. The molecule has 1 saturated heterocycles. The number of aliphatic imine (C=N–C) groups is 1. The Morgan fingerprint density at radius 2 is 1.80 bits per heavy atom. The van der Waals surface area contributed by atoms with E-state index in [-0.39, 0.29) is 28.4 Å². The highest BCUT2D eigenvalue weighted by Gasteiger charge is 2.33. The van der Waals surface area contributed by atoms with Gasteiger partial charge >= 0.3 is 12.5 Å². The summed E-state index contributed by atoms with van der Waals surface area (Å²) >= 11 is 6.85. The fourth-order valence-corrected chi connectivity index (χ4v) is 6.40. The van der Waals surface area contributed by atoms with Crippen LogP contribution in [0.15, 0.2) is 78.0 Å². The number of rotatable bonds is 9. The van der Waals surface area contributed by atoms with Crippen LogP contribution in [0.4, 0.5) is 23.7 Å². The SMILES string of the molecule is COC(=O)NC(Cc1ccc(-c2ncn(-c3ccc(OC(F)(F)F)cc3)n2)cc1)NC(=S)/N=C1\SCC(=O)N1c1cccc(C)c1C(C)C. The summed E-state index contributed by atoms with van der Waals surface area (Å²) in [6.45, 7) is 6.16. The molecule has 0 aliphatic carbocycles. The van der Waals surface area contributed by atoms with E-state index in [1.807, 2.05) is 37.3 Å². The number of amides is 2. The smallest absolute Gasteiger partial charge is 0.453 e. The number of aromatic nitrogens is 3. The first-order valence-electron chi connectivity index (χ1n) is 15.0. The summed E-state index contributed by atoms with van der Waals surface area (Å²) in [5.41, 5.74) is 4.89. The minimum absolute atomic E-state index is 0.0757. The number of carbonyl (C=O) groups is 2. The van der Waals surface area contributed by atoms with Gasteiger partial charge in [0.25, 0.3) is 0 Å². The third-order valence-electron chi connectivity index (χ3n) is 7.34. The quantitative estimate of drug-likeness (QED) is 0.148. The van der Waals surface area contributed by atoms with Gasteiger partial charge < -0.3 is 20.1 Å². The Balaban J connectivity index is 1.28. The van der Waals surface area contributed by atoms with Crippen molar-refractivity contribution in [1.82, 2.24) is 25.4 Å². The summed E-state index contributed by atoms with van der Waals surface area (Å²) < 4.78 is 47.6. The molecule has 1 aromatic heterocycles. The van der Waals surface area contributed by atoms with Crippen LogP contribution in [0.2, 0.25) is 0 Å². The molecule has 5 rings (SSSR count). The van der Waals surface area contributed by atoms with Crippen molar-refractivity contribution < 1.29 is 32.2 Å². The third kappa shape index (κ3) is 8.94. The van der Waals surface area contributed by atoms with Crippen LogP contribution in [0.1, 0.15) is 36.5 Å². The molecule has 1 fully saturated rings. The summed E-state index contributed by atoms with van der Waals surface area (Å²) in [4.78, 5) is 35.7. The predicted molar refractivity (Wildman–Crippen MR) is 185 cm³/mol. The van der Waals surface area contributed by atoms with E-state index >= 15 is 0 Å². The highest BCUT2D eigenvalue weighted by molar-refractivity contribution is 8.15. The summed E-state index contributed by atoms with van der Waals surface area (Å²) in [5, 5.41) is 10.7. The molecule has 49 heavy (non-hydrogen) atoms. The number of carbonyl (C=O) groups excluding carboxylic acids is 2. The van der Waals surface area contributed by atoms with Gasteiger partial charge in [0, 0.05) is 12.0 Å². The van der Waals surface area contributed by atoms with Gasteiger partial charge in [0.2, 0.25) is 5.91 Å². The maximum Gasteiger partial charge on any atom is 0.573 e. The highest BCUT2D eigenvalue weighted by Crippen LogP contribution is 2.35. The molecule has 256 valence electrons. The molecule has 2 heterocycles. The lowest BCUT2D eigenvalue weighted by molar-refractivity contribution is -0.274. The molecule has 2 N–H and O–H groups in total. The summed E-state index contributed by atoms with van der Waals surface area (Å²) in [6, 6.07) is 18.3. The minimum atomic E-state index is -4.78. The number of thioether (sulfide) groups is 1. The number of amidine groups is 1. The van der Waals surface area contributed by atoms with E-state index in [9.17, 15) is 22.8 Å². The average Bonchev–Trinajstić information content (AvgIpc) is 3.67. The number of halogens is 3. The van der Waals surface area contributed by atoms with Gasteiger partial charge in [-0.25, -0.2) is 14.5 Å². The Morgan fingerprint density at radius 1 is 1.08 bits per heavy atom. The van der Waals surface area contributed by atoms with Crippen LogP contribution < -0.4 is 20.3 Å². The number of methoxy groups -OCH3 is 1. The van der Waals surface area contributed by atoms with Crippen molar-refractivity contribution in [2.24, 2.45) is 4.99 Å². The molecule has 11 nitrogen and oxygen atoms in total. The number of nitrogens with one attached hydrogen (secondary N) is 2. The summed E-state index contributed by atoms with van der Waals surface area (Å²) in [5.74, 6) is 0.348. The zero-order valence-electron chi connectivity index (χ0n) is 26.8. The number of anilines is 1. The summed E-state index contributed by atoms with van der Waals surface area (Å²) in [6.07, 6.45) is -4.42. The van der Waals surface area contributed by atoms with Gasteiger partial charge in [0.15, 0.2) is 16.1 Å². The van der Waals surface area contributed by atoms with Crippen LogP contribution in [0.5, 0.6) is 5.75 Å². The fraction of sp³-hybridized carbons (Fsp3) is 0.273. The normalized spacial score (nSPS) is 14.7. The van der Waals surface area contributed by atoms with E-state index in [0.29, 0.717) is 28.7 Å². The first-order valence-corrected chi connectivity index (χ1v) is 16.4. The van der Waals surface area contributed by atoms with Crippen molar-refractivity contribution >= 4 is 51.9 Å². The number of thiocarbonyl (C=S) groups is 1. The van der Waals surface area contributed by atoms with Crippen LogP contribution in [-0.2, 0) is 16.0 Å². The maximum atomic E-state index is 13.0. The van der Waals surface area contributed by atoms with E-state index in [0.717, 1.165) is 22.4 Å². The standard InChI is InChI=1S/C33H32F3N7O4S2/c1-19(2)28-20(3)6-5-7-25(28)43-27(44)17-49-31(43)40-30(48)38-26(39-32(45)46-4)16-21-8-10-22(11-9-21)29-37-18-42(41-29)23-12-14-24(15-13-23)47-33(34,35)36/h5-15,18-19,26H,16-17H2,1-4H3,(H,38,48)(H,39,45)/b40-31-. The predicted octanol–water partition coefficient (Wildman–Crippen LogP) is 6.50. The molecule has 4 aromatic rings. The Labute approximate surface area is 289 Å². The Bertz CT molecular complexity index is 1860. The van der Waals surface area contributed by atoms with E-state index < -0.39 is 18.6 Å². The van der Waals surface area contributed by atoms with E-state index in [1.54, 1.807) is 17.0 Å². The molecule has 1 aliphatic rings. The lowest BCUT2D eigenvalue weighted by Gasteiger charge is -2.24. The van der Waals surface area contributed by atoms with Crippen molar-refractivity contribution in [2.75, 3.05) is 17.8 Å². The lowest BCUT2D eigenvalue weighted by atomic mass is 9.95. The number of nitrogens with zero attached hydrogens (tertiary/aromatic N) is 5. The monoisotopic (exact) mass is 711 g/mol. The highest BCUT2D eigenvalue weighted by atomic mass is 32.2. The van der Waals surface area contributed by atoms with Gasteiger partial charge in [-0.3, -0.25) is 9.69 Å².